The average Bonchev–Trinajstić information content (AvgIpc) is 2.39. The first-order valence-corrected chi connectivity index (χ1v) is 7.03. The fourth-order valence-corrected chi connectivity index (χ4v) is 3.00. The van der Waals surface area contributed by atoms with E-state index in [2.05, 4.69) is 4.90 Å². The minimum atomic E-state index is -0.250. The molecule has 2 rings (SSSR count). The molecule has 0 aliphatic carbocycles. The molecule has 0 aromatic heterocycles. The van der Waals surface area contributed by atoms with Crippen LogP contribution in [0, 0.1) is 11.7 Å². The minimum Gasteiger partial charge on any atom is -0.369 e. The predicted octanol–water partition coefficient (Wildman–Crippen LogP) is 1.41. The summed E-state index contributed by atoms with van der Waals surface area (Å²) in [5.74, 6) is -0.527. The highest BCUT2D eigenvalue weighted by atomic mass is 19.1. The largest absolute Gasteiger partial charge is 0.369 e. The number of carbonyl (C=O) groups excluding carboxylic acids is 1. The summed E-state index contributed by atoms with van der Waals surface area (Å²) >= 11 is 0. The number of halogens is 1. The molecule has 2 unspecified atom stereocenters. The first kappa shape index (κ1) is 14.9. The number of hydrogen-bond donors (Lipinski definition) is 2. The molecule has 1 amide bonds. The maximum atomic E-state index is 13.4. The van der Waals surface area contributed by atoms with E-state index < -0.39 is 0 Å². The van der Waals surface area contributed by atoms with Crippen LogP contribution in [0.4, 0.5) is 4.39 Å². The third kappa shape index (κ3) is 3.35. The highest BCUT2D eigenvalue weighted by molar-refractivity contribution is 5.76. The van der Waals surface area contributed by atoms with Crippen LogP contribution >= 0.6 is 0 Å². The fourth-order valence-electron chi connectivity index (χ4n) is 3.00. The van der Waals surface area contributed by atoms with Crippen LogP contribution < -0.4 is 11.5 Å². The van der Waals surface area contributed by atoms with Crippen molar-refractivity contribution >= 4 is 5.91 Å². The highest BCUT2D eigenvalue weighted by Crippen LogP contribution is 2.29. The zero-order valence-corrected chi connectivity index (χ0v) is 11.8. The van der Waals surface area contributed by atoms with Crippen LogP contribution in [0.3, 0.4) is 0 Å². The van der Waals surface area contributed by atoms with E-state index in [4.69, 9.17) is 11.5 Å². The smallest absolute Gasteiger partial charge is 0.220 e. The number of likely N-dealkylation sites (tertiary alicyclic amines) is 1. The summed E-state index contributed by atoms with van der Waals surface area (Å²) in [6.07, 6.45) is 1.49. The van der Waals surface area contributed by atoms with Gasteiger partial charge in [-0.2, -0.15) is 0 Å². The molecule has 5 heteroatoms. The molecule has 4 N–H and O–H groups in total. The Balaban J connectivity index is 2.13. The molecule has 1 aliphatic heterocycles. The predicted molar refractivity (Wildman–Crippen MR) is 76.3 cm³/mol. The molecule has 1 aromatic carbocycles. The van der Waals surface area contributed by atoms with Crippen molar-refractivity contribution in [3.63, 3.8) is 0 Å². The van der Waals surface area contributed by atoms with E-state index in [1.54, 1.807) is 6.07 Å². The van der Waals surface area contributed by atoms with Crippen LogP contribution in [0.1, 0.15) is 31.4 Å². The number of nitrogens with two attached hydrogens (primary N) is 2. The molecule has 1 saturated heterocycles. The van der Waals surface area contributed by atoms with Crippen molar-refractivity contribution < 1.29 is 9.18 Å². The molecular formula is C15H22FN3O. The number of carbonyl (C=O) groups is 1. The number of rotatable bonds is 4. The van der Waals surface area contributed by atoms with Gasteiger partial charge in [-0.1, -0.05) is 12.1 Å². The van der Waals surface area contributed by atoms with Crippen molar-refractivity contribution in [1.29, 1.82) is 0 Å². The quantitative estimate of drug-likeness (QED) is 0.875. The molecule has 1 fully saturated rings. The van der Waals surface area contributed by atoms with Crippen LogP contribution in [0.2, 0.25) is 0 Å². The summed E-state index contributed by atoms with van der Waals surface area (Å²) in [6.45, 7) is 3.45. The van der Waals surface area contributed by atoms with Crippen molar-refractivity contribution in [1.82, 2.24) is 4.90 Å². The van der Waals surface area contributed by atoms with Crippen molar-refractivity contribution in [2.45, 2.75) is 31.8 Å². The lowest BCUT2D eigenvalue weighted by Gasteiger charge is -2.39. The Kier molecular flexibility index (Phi) is 4.73. The Morgan fingerprint density at radius 1 is 1.40 bits per heavy atom. The average molecular weight is 279 g/mol. The Labute approximate surface area is 118 Å². The van der Waals surface area contributed by atoms with E-state index in [1.165, 1.54) is 12.1 Å². The summed E-state index contributed by atoms with van der Waals surface area (Å²) in [6, 6.07) is 6.43. The molecule has 2 atom stereocenters. The van der Waals surface area contributed by atoms with Gasteiger partial charge in [0.15, 0.2) is 0 Å². The van der Waals surface area contributed by atoms with Crippen molar-refractivity contribution in [3.8, 4) is 0 Å². The van der Waals surface area contributed by atoms with Gasteiger partial charge in [-0.25, -0.2) is 4.39 Å². The zero-order valence-electron chi connectivity index (χ0n) is 11.8. The standard InChI is InChI=1S/C15H22FN3O/c1-10(17)14(12-3-2-4-13(16)9-12)19-7-5-11(6-8-19)15(18)20/h2-4,9-11,14H,5-8,17H2,1H3,(H2,18,20). The third-order valence-corrected chi connectivity index (χ3v) is 4.01. The van der Waals surface area contributed by atoms with Crippen molar-refractivity contribution in [2.75, 3.05) is 13.1 Å². The highest BCUT2D eigenvalue weighted by Gasteiger charge is 2.30. The Morgan fingerprint density at radius 3 is 2.55 bits per heavy atom. The van der Waals surface area contributed by atoms with Crippen LogP contribution in [-0.4, -0.2) is 29.9 Å². The van der Waals surface area contributed by atoms with Gasteiger partial charge in [-0.15, -0.1) is 0 Å². The van der Waals surface area contributed by atoms with Gasteiger partial charge in [-0.05, 0) is 50.6 Å². The van der Waals surface area contributed by atoms with E-state index >= 15 is 0 Å². The maximum absolute atomic E-state index is 13.4. The number of benzene rings is 1. The number of hydrogen-bond acceptors (Lipinski definition) is 3. The lowest BCUT2D eigenvalue weighted by atomic mass is 9.91. The van der Waals surface area contributed by atoms with E-state index in [0.29, 0.717) is 0 Å². The Hall–Kier alpha value is -1.46. The fraction of sp³-hybridized carbons (Fsp3) is 0.533. The molecule has 1 aromatic rings. The topological polar surface area (TPSA) is 72.3 Å². The van der Waals surface area contributed by atoms with Crippen LogP contribution in [0.5, 0.6) is 0 Å². The first-order chi connectivity index (χ1) is 9.49. The van der Waals surface area contributed by atoms with E-state index in [1.807, 2.05) is 13.0 Å². The van der Waals surface area contributed by atoms with Gasteiger partial charge in [0.05, 0.1) is 0 Å². The third-order valence-electron chi connectivity index (χ3n) is 4.01. The second-order valence-electron chi connectivity index (χ2n) is 5.57. The number of primary amides is 1. The van der Waals surface area contributed by atoms with Crippen LogP contribution in [0.25, 0.3) is 0 Å². The molecule has 0 radical (unpaired) electrons. The zero-order chi connectivity index (χ0) is 14.7. The molecule has 0 saturated carbocycles. The van der Waals surface area contributed by atoms with Gasteiger partial charge < -0.3 is 11.5 Å². The molecule has 20 heavy (non-hydrogen) atoms. The van der Waals surface area contributed by atoms with Crippen LogP contribution in [-0.2, 0) is 4.79 Å². The Bertz CT molecular complexity index is 470. The minimum absolute atomic E-state index is 0.0282. The summed E-state index contributed by atoms with van der Waals surface area (Å²) in [7, 11) is 0. The molecule has 0 spiro atoms. The first-order valence-electron chi connectivity index (χ1n) is 7.03. The lowest BCUT2D eigenvalue weighted by molar-refractivity contribution is -0.123. The van der Waals surface area contributed by atoms with Gasteiger partial charge in [0, 0.05) is 18.0 Å². The molecule has 0 bridgehead atoms. The van der Waals surface area contributed by atoms with Gasteiger partial charge >= 0.3 is 0 Å². The second-order valence-corrected chi connectivity index (χ2v) is 5.57. The van der Waals surface area contributed by atoms with Crippen molar-refractivity contribution in [2.24, 2.45) is 17.4 Å². The van der Waals surface area contributed by atoms with E-state index in [9.17, 15) is 9.18 Å². The molecule has 1 aliphatic rings. The number of amides is 1. The van der Waals surface area contributed by atoms with E-state index in [-0.39, 0.29) is 29.7 Å². The number of nitrogens with zero attached hydrogens (tertiary/aromatic N) is 1. The van der Waals surface area contributed by atoms with Crippen LogP contribution in [0.15, 0.2) is 24.3 Å². The normalized spacial score (nSPS) is 20.6. The monoisotopic (exact) mass is 279 g/mol. The summed E-state index contributed by atoms with van der Waals surface area (Å²) in [5, 5.41) is 0. The van der Waals surface area contributed by atoms with E-state index in [0.717, 1.165) is 31.5 Å². The van der Waals surface area contributed by atoms with Gasteiger partial charge in [0.1, 0.15) is 5.82 Å². The van der Waals surface area contributed by atoms with Gasteiger partial charge in [0.25, 0.3) is 0 Å². The molecular weight excluding hydrogens is 257 g/mol. The summed E-state index contributed by atoms with van der Waals surface area (Å²) in [4.78, 5) is 13.4. The molecule has 4 nitrogen and oxygen atoms in total. The summed E-state index contributed by atoms with van der Waals surface area (Å²) < 4.78 is 13.4. The SMILES string of the molecule is CC(N)C(c1cccc(F)c1)N1CCC(C(N)=O)CC1. The summed E-state index contributed by atoms with van der Waals surface area (Å²) in [5.41, 5.74) is 12.3. The van der Waals surface area contributed by atoms with Gasteiger partial charge in [-0.3, -0.25) is 9.69 Å². The molecule has 1 heterocycles. The maximum Gasteiger partial charge on any atom is 0.220 e. The van der Waals surface area contributed by atoms with Crippen molar-refractivity contribution in [3.05, 3.63) is 35.6 Å². The van der Waals surface area contributed by atoms with Gasteiger partial charge in [0.2, 0.25) is 5.91 Å². The molecule has 110 valence electrons. The number of piperidine rings is 1. The second kappa shape index (κ2) is 6.33. The Morgan fingerprint density at radius 2 is 2.05 bits per heavy atom. The lowest BCUT2D eigenvalue weighted by Crippen LogP contribution is -2.45.